The molecule has 2 aromatic carbocycles. The highest BCUT2D eigenvalue weighted by Crippen LogP contribution is 2.35. The third-order valence-electron chi connectivity index (χ3n) is 5.88. The van der Waals surface area contributed by atoms with Gasteiger partial charge >= 0.3 is 0 Å². The van der Waals surface area contributed by atoms with E-state index in [0.717, 1.165) is 46.5 Å². The zero-order valence-corrected chi connectivity index (χ0v) is 18.1. The van der Waals surface area contributed by atoms with Crippen molar-refractivity contribution >= 4 is 33.1 Å². The number of hydrogen-bond acceptors (Lipinski definition) is 4. The van der Waals surface area contributed by atoms with Crippen molar-refractivity contribution in [3.05, 3.63) is 81.7 Å². The Morgan fingerprint density at radius 2 is 1.94 bits per heavy atom. The lowest BCUT2D eigenvalue weighted by atomic mass is 9.89. The molecule has 0 radical (unpaired) electrons. The fraction of sp³-hybridized carbons (Fsp3) is 0.240. The lowest BCUT2D eigenvalue weighted by Crippen LogP contribution is -2.28. The predicted octanol–water partition coefficient (Wildman–Crippen LogP) is 4.89. The minimum Gasteiger partial charge on any atom is -0.324 e. The Morgan fingerprint density at radius 3 is 2.77 bits per heavy atom. The van der Waals surface area contributed by atoms with Crippen molar-refractivity contribution in [2.45, 2.75) is 32.7 Å². The van der Waals surface area contributed by atoms with E-state index in [4.69, 9.17) is 0 Å². The average Bonchev–Trinajstić information content (AvgIpc) is 3.15. The molecule has 1 aliphatic rings. The Balaban J connectivity index is 1.42. The lowest BCUT2D eigenvalue weighted by molar-refractivity contribution is -0.116. The van der Waals surface area contributed by atoms with Crippen LogP contribution in [0.1, 0.15) is 23.8 Å². The second-order valence-corrected chi connectivity index (χ2v) is 9.25. The number of hydrogen-bond donors (Lipinski definition) is 1. The van der Waals surface area contributed by atoms with Gasteiger partial charge in [-0.15, -0.1) is 11.3 Å². The van der Waals surface area contributed by atoms with Crippen LogP contribution in [-0.4, -0.2) is 15.5 Å². The molecule has 0 saturated heterocycles. The number of aromatic nitrogens is 2. The van der Waals surface area contributed by atoms with Crippen LogP contribution in [0.4, 0.5) is 5.69 Å². The number of thiophene rings is 1. The monoisotopic (exact) mass is 429 g/mol. The summed E-state index contributed by atoms with van der Waals surface area (Å²) in [4.78, 5) is 32.6. The van der Waals surface area contributed by atoms with Gasteiger partial charge in [0.15, 0.2) is 0 Å². The molecular weight excluding hydrogens is 406 g/mol. The molecule has 1 amide bonds. The summed E-state index contributed by atoms with van der Waals surface area (Å²) < 4.78 is 1.42. The first kappa shape index (κ1) is 19.7. The number of carbonyl (C=O) groups is 1. The minimum atomic E-state index is -0.246. The lowest BCUT2D eigenvalue weighted by Gasteiger charge is -2.17. The van der Waals surface area contributed by atoms with Crippen LogP contribution in [0.2, 0.25) is 0 Å². The second kappa shape index (κ2) is 8.12. The molecule has 1 aliphatic carbocycles. The van der Waals surface area contributed by atoms with Crippen LogP contribution in [0.5, 0.6) is 0 Å². The van der Waals surface area contributed by atoms with Gasteiger partial charge in [-0.05, 0) is 42.4 Å². The molecule has 2 heterocycles. The van der Waals surface area contributed by atoms with Gasteiger partial charge in [-0.2, -0.15) is 0 Å². The van der Waals surface area contributed by atoms with Gasteiger partial charge in [0.2, 0.25) is 5.91 Å². The maximum Gasteiger partial charge on any atom is 0.262 e. The van der Waals surface area contributed by atoms with Crippen molar-refractivity contribution in [3.8, 4) is 11.1 Å². The van der Waals surface area contributed by atoms with Crippen LogP contribution in [0.15, 0.2) is 65.7 Å². The molecule has 5 rings (SSSR count). The summed E-state index contributed by atoms with van der Waals surface area (Å²) in [7, 11) is 0. The van der Waals surface area contributed by atoms with Crippen molar-refractivity contribution in [2.75, 3.05) is 5.32 Å². The van der Waals surface area contributed by atoms with Gasteiger partial charge in [0.25, 0.3) is 5.56 Å². The zero-order chi connectivity index (χ0) is 21.4. The standard InChI is InChI=1S/C25H23N3O2S/c1-16-11-12-19-21(13-16)31-24-23(19)25(30)28(15-26-24)14-22(29)27-20-10-6-5-9-18(20)17-7-3-2-4-8-17/h2-10,15-16H,11-14H2,1H3,(H,27,29). The molecule has 156 valence electrons. The van der Waals surface area contributed by atoms with E-state index in [-0.39, 0.29) is 18.0 Å². The summed E-state index contributed by atoms with van der Waals surface area (Å²) in [6.07, 6.45) is 4.50. The predicted molar refractivity (Wildman–Crippen MR) is 126 cm³/mol. The SMILES string of the molecule is CC1CCc2c(sc3ncn(CC(=O)Nc4ccccc4-c4ccccc4)c(=O)c23)C1. The third-order valence-corrected chi connectivity index (χ3v) is 7.04. The minimum absolute atomic E-state index is 0.0636. The first-order valence-corrected chi connectivity index (χ1v) is 11.4. The maximum absolute atomic E-state index is 13.2. The smallest absolute Gasteiger partial charge is 0.262 e. The number of aryl methyl sites for hydroxylation is 1. The van der Waals surface area contributed by atoms with Crippen molar-refractivity contribution in [2.24, 2.45) is 5.92 Å². The first-order chi connectivity index (χ1) is 15.1. The van der Waals surface area contributed by atoms with Gasteiger partial charge in [-0.1, -0.05) is 55.5 Å². The van der Waals surface area contributed by atoms with Gasteiger partial charge < -0.3 is 5.32 Å². The molecule has 0 aliphatic heterocycles. The van der Waals surface area contributed by atoms with Gasteiger partial charge in [0.05, 0.1) is 11.7 Å². The molecule has 5 nitrogen and oxygen atoms in total. The molecule has 1 unspecified atom stereocenters. The van der Waals surface area contributed by atoms with Crippen LogP contribution in [-0.2, 0) is 24.2 Å². The van der Waals surface area contributed by atoms with Crippen molar-refractivity contribution in [1.82, 2.24) is 9.55 Å². The van der Waals surface area contributed by atoms with E-state index in [1.807, 2.05) is 54.6 Å². The number of fused-ring (bicyclic) bond motifs is 3. The Morgan fingerprint density at radius 1 is 1.16 bits per heavy atom. The highest BCUT2D eigenvalue weighted by Gasteiger charge is 2.23. The van der Waals surface area contributed by atoms with Gasteiger partial charge in [0, 0.05) is 16.1 Å². The van der Waals surface area contributed by atoms with E-state index in [9.17, 15) is 9.59 Å². The molecule has 0 spiro atoms. The quantitative estimate of drug-likeness (QED) is 0.502. The van der Waals surface area contributed by atoms with Gasteiger partial charge in [-0.25, -0.2) is 4.98 Å². The number of nitrogens with one attached hydrogen (secondary N) is 1. The Kier molecular flexibility index (Phi) is 5.16. The molecular formula is C25H23N3O2S. The second-order valence-electron chi connectivity index (χ2n) is 8.17. The third kappa shape index (κ3) is 3.79. The van der Waals surface area contributed by atoms with Gasteiger partial charge in [-0.3, -0.25) is 14.2 Å². The van der Waals surface area contributed by atoms with Crippen molar-refractivity contribution < 1.29 is 4.79 Å². The average molecular weight is 430 g/mol. The summed E-state index contributed by atoms with van der Waals surface area (Å²) >= 11 is 1.62. The fourth-order valence-corrected chi connectivity index (χ4v) is 5.63. The first-order valence-electron chi connectivity index (χ1n) is 10.5. The number of amides is 1. The summed E-state index contributed by atoms with van der Waals surface area (Å²) in [5.41, 5.74) is 3.71. The number of benzene rings is 2. The van der Waals surface area contributed by atoms with E-state index in [0.29, 0.717) is 11.3 Å². The normalized spacial score (nSPS) is 15.6. The van der Waals surface area contributed by atoms with E-state index in [1.54, 1.807) is 11.3 Å². The Bertz CT molecular complexity index is 1320. The Labute approximate surface area is 184 Å². The molecule has 1 N–H and O–H groups in total. The molecule has 0 fully saturated rings. The van der Waals surface area contributed by atoms with Crippen LogP contribution in [0.25, 0.3) is 21.3 Å². The molecule has 0 bridgehead atoms. The topological polar surface area (TPSA) is 64.0 Å². The summed E-state index contributed by atoms with van der Waals surface area (Å²) in [6, 6.07) is 17.6. The molecule has 1 atom stereocenters. The highest BCUT2D eigenvalue weighted by molar-refractivity contribution is 7.18. The summed E-state index contributed by atoms with van der Waals surface area (Å²) in [6.45, 7) is 2.18. The maximum atomic E-state index is 13.2. The van der Waals surface area contributed by atoms with Crippen LogP contribution in [0.3, 0.4) is 0 Å². The van der Waals surface area contributed by atoms with Crippen LogP contribution in [0, 0.1) is 5.92 Å². The number of carbonyl (C=O) groups excluding carboxylic acids is 1. The Hall–Kier alpha value is -3.25. The molecule has 0 saturated carbocycles. The number of anilines is 1. The van der Waals surface area contributed by atoms with Crippen molar-refractivity contribution in [1.29, 1.82) is 0 Å². The summed E-state index contributed by atoms with van der Waals surface area (Å²) in [5, 5.41) is 3.67. The van der Waals surface area contributed by atoms with Crippen LogP contribution < -0.4 is 10.9 Å². The van der Waals surface area contributed by atoms with Gasteiger partial charge in [0.1, 0.15) is 11.4 Å². The number of rotatable bonds is 4. The van der Waals surface area contributed by atoms with Crippen LogP contribution >= 0.6 is 11.3 Å². The van der Waals surface area contributed by atoms with E-state index >= 15 is 0 Å². The molecule has 4 aromatic rings. The number of para-hydroxylation sites is 1. The van der Waals surface area contributed by atoms with E-state index in [1.165, 1.54) is 15.8 Å². The fourth-order valence-electron chi connectivity index (χ4n) is 4.28. The zero-order valence-electron chi connectivity index (χ0n) is 17.3. The summed E-state index contributed by atoms with van der Waals surface area (Å²) in [5.74, 6) is 0.391. The van der Waals surface area contributed by atoms with E-state index in [2.05, 4.69) is 17.2 Å². The molecule has 6 heteroatoms. The molecule has 31 heavy (non-hydrogen) atoms. The van der Waals surface area contributed by atoms with E-state index < -0.39 is 0 Å². The largest absolute Gasteiger partial charge is 0.324 e. The highest BCUT2D eigenvalue weighted by atomic mass is 32.1. The number of nitrogens with zero attached hydrogens (tertiary/aromatic N) is 2. The molecule has 2 aromatic heterocycles. The van der Waals surface area contributed by atoms with Crippen molar-refractivity contribution in [3.63, 3.8) is 0 Å².